The molecular weight excluding hydrogens is 398 g/mol. The van der Waals surface area contributed by atoms with Crippen molar-refractivity contribution in [1.82, 2.24) is 21.2 Å². The van der Waals surface area contributed by atoms with Crippen LogP contribution in [0.5, 0.6) is 0 Å². The van der Waals surface area contributed by atoms with Crippen molar-refractivity contribution < 1.29 is 14.3 Å². The van der Waals surface area contributed by atoms with Crippen LogP contribution in [0.15, 0.2) is 29.6 Å². The summed E-state index contributed by atoms with van der Waals surface area (Å²) in [6, 6.07) is 7.78. The maximum absolute atomic E-state index is 12.3. The van der Waals surface area contributed by atoms with Gasteiger partial charge in [0.05, 0.1) is 24.5 Å². The molecule has 0 aliphatic heterocycles. The Bertz CT molecular complexity index is 840. The van der Waals surface area contributed by atoms with Gasteiger partial charge in [0.25, 0.3) is 0 Å². The summed E-state index contributed by atoms with van der Waals surface area (Å²) >= 11 is 6.46. The van der Waals surface area contributed by atoms with Gasteiger partial charge in [0.15, 0.2) is 10.2 Å². The molecule has 1 heterocycles. The van der Waals surface area contributed by atoms with Gasteiger partial charge in [0.2, 0.25) is 5.91 Å². The molecule has 1 aromatic heterocycles. The van der Waals surface area contributed by atoms with E-state index in [-0.39, 0.29) is 17.6 Å². The molecule has 0 saturated carbocycles. The molecule has 0 unspecified atom stereocenters. The topological polar surface area (TPSA) is 95.6 Å². The first-order chi connectivity index (χ1) is 13.5. The number of carbonyl (C=O) groups is 2. The van der Waals surface area contributed by atoms with Gasteiger partial charge in [0.1, 0.15) is 0 Å². The Morgan fingerprint density at radius 2 is 2.00 bits per heavy atom. The van der Waals surface area contributed by atoms with E-state index in [1.807, 2.05) is 36.6 Å². The van der Waals surface area contributed by atoms with Crippen LogP contribution in [0.4, 0.5) is 15.6 Å². The summed E-state index contributed by atoms with van der Waals surface area (Å²) in [5.41, 5.74) is 7.47. The molecule has 8 nitrogen and oxygen atoms in total. The van der Waals surface area contributed by atoms with E-state index in [1.165, 1.54) is 18.3 Å². The highest BCUT2D eigenvalue weighted by Gasteiger charge is 2.20. The van der Waals surface area contributed by atoms with Crippen molar-refractivity contribution in [2.75, 3.05) is 11.5 Å². The Labute approximate surface area is 173 Å². The Balaban J connectivity index is 2.02. The Morgan fingerprint density at radius 1 is 1.25 bits per heavy atom. The van der Waals surface area contributed by atoms with Gasteiger partial charge in [-0.1, -0.05) is 25.1 Å². The fourth-order valence-corrected chi connectivity index (χ4v) is 3.41. The standard InChI is InChI=1S/C18H23N5O3S2/c1-4-13-8-6-7-9-15(13)23(12(3)24)17-20-14(11-28-17)10-19-16(27)21-22-18(25)26-5-2/h6-9,11H,4-5,10H2,1-3H3,(H,22,25)(H2,19,21,27). The minimum atomic E-state index is -0.616. The van der Waals surface area contributed by atoms with E-state index in [2.05, 4.69) is 21.2 Å². The maximum Gasteiger partial charge on any atom is 0.425 e. The zero-order valence-electron chi connectivity index (χ0n) is 15.9. The first kappa shape index (κ1) is 21.6. The molecule has 2 aromatic rings. The fourth-order valence-electron chi connectivity index (χ4n) is 2.41. The molecule has 3 N–H and O–H groups in total. The molecule has 0 fully saturated rings. The van der Waals surface area contributed by atoms with E-state index in [4.69, 9.17) is 17.0 Å². The Morgan fingerprint density at radius 3 is 2.68 bits per heavy atom. The third-order valence-electron chi connectivity index (χ3n) is 3.64. The molecule has 0 aliphatic rings. The third-order valence-corrected chi connectivity index (χ3v) is 4.76. The van der Waals surface area contributed by atoms with Crippen molar-refractivity contribution in [1.29, 1.82) is 0 Å². The van der Waals surface area contributed by atoms with Crippen LogP contribution in [-0.2, 0) is 22.5 Å². The zero-order valence-corrected chi connectivity index (χ0v) is 17.6. The number of aromatic nitrogens is 1. The summed E-state index contributed by atoms with van der Waals surface area (Å²) in [7, 11) is 0. The number of benzene rings is 1. The van der Waals surface area contributed by atoms with Gasteiger partial charge in [-0.3, -0.25) is 15.1 Å². The summed E-state index contributed by atoms with van der Waals surface area (Å²) in [5.74, 6) is -0.106. The first-order valence-electron chi connectivity index (χ1n) is 8.75. The Hall–Kier alpha value is -2.72. The number of hydrazine groups is 1. The van der Waals surface area contributed by atoms with E-state index in [9.17, 15) is 9.59 Å². The smallest absolute Gasteiger partial charge is 0.425 e. The molecule has 0 saturated heterocycles. The lowest BCUT2D eigenvalue weighted by Crippen LogP contribution is -2.46. The molecule has 10 heteroatoms. The molecule has 2 amide bonds. The predicted octanol–water partition coefficient (Wildman–Crippen LogP) is 3.02. The van der Waals surface area contributed by atoms with Crippen molar-refractivity contribution >= 4 is 51.5 Å². The van der Waals surface area contributed by atoms with Gasteiger partial charge in [-0.15, -0.1) is 11.3 Å². The highest BCUT2D eigenvalue weighted by molar-refractivity contribution is 7.80. The number of para-hydroxylation sites is 1. The summed E-state index contributed by atoms with van der Waals surface area (Å²) in [6.07, 6.45) is 0.196. The molecule has 0 radical (unpaired) electrons. The molecule has 1 aromatic carbocycles. The normalized spacial score (nSPS) is 10.1. The number of rotatable bonds is 6. The number of hydrogen-bond donors (Lipinski definition) is 3. The lowest BCUT2D eigenvalue weighted by atomic mass is 10.1. The van der Waals surface area contributed by atoms with Gasteiger partial charge < -0.3 is 10.1 Å². The number of hydrogen-bond acceptors (Lipinski definition) is 6. The van der Waals surface area contributed by atoms with E-state index in [0.717, 1.165) is 23.4 Å². The molecular formula is C18H23N5O3S2. The molecule has 150 valence electrons. The SMILES string of the molecule is CCOC(=O)NNC(=S)NCc1csc(N(C(C)=O)c2ccccc2CC)n1. The number of ether oxygens (including phenoxy) is 1. The van der Waals surface area contributed by atoms with Crippen LogP contribution in [0.2, 0.25) is 0 Å². The molecule has 0 atom stereocenters. The Kier molecular flexibility index (Phi) is 8.15. The quantitative estimate of drug-likeness (QED) is 0.487. The van der Waals surface area contributed by atoms with Crippen molar-refractivity contribution in [2.24, 2.45) is 0 Å². The van der Waals surface area contributed by atoms with Gasteiger partial charge in [-0.2, -0.15) is 0 Å². The van der Waals surface area contributed by atoms with E-state index in [0.29, 0.717) is 11.7 Å². The number of thiazole rings is 1. The van der Waals surface area contributed by atoms with Crippen LogP contribution in [-0.4, -0.2) is 28.7 Å². The van der Waals surface area contributed by atoms with Crippen LogP contribution in [0.3, 0.4) is 0 Å². The van der Waals surface area contributed by atoms with Crippen molar-refractivity contribution in [3.8, 4) is 0 Å². The van der Waals surface area contributed by atoms with Crippen molar-refractivity contribution in [2.45, 2.75) is 33.7 Å². The van der Waals surface area contributed by atoms with Crippen LogP contribution in [0, 0.1) is 0 Å². The van der Waals surface area contributed by atoms with Crippen molar-refractivity contribution in [3.05, 3.63) is 40.9 Å². The van der Waals surface area contributed by atoms with E-state index in [1.54, 1.807) is 11.8 Å². The van der Waals surface area contributed by atoms with E-state index < -0.39 is 6.09 Å². The number of nitrogens with one attached hydrogen (secondary N) is 3. The number of carbonyl (C=O) groups excluding carboxylic acids is 2. The van der Waals surface area contributed by atoms with Crippen LogP contribution < -0.4 is 21.1 Å². The third kappa shape index (κ3) is 5.89. The number of anilines is 2. The van der Waals surface area contributed by atoms with Gasteiger partial charge in [0, 0.05) is 12.3 Å². The first-order valence-corrected chi connectivity index (χ1v) is 10.0. The second-order valence-electron chi connectivity index (χ2n) is 5.61. The fraction of sp³-hybridized carbons (Fsp3) is 0.333. The number of nitrogens with zero attached hydrogens (tertiary/aromatic N) is 2. The zero-order chi connectivity index (χ0) is 20.5. The molecule has 28 heavy (non-hydrogen) atoms. The predicted molar refractivity (Wildman–Crippen MR) is 113 cm³/mol. The molecule has 0 bridgehead atoms. The summed E-state index contributed by atoms with van der Waals surface area (Å²) in [5, 5.41) is 5.60. The van der Waals surface area contributed by atoms with Gasteiger partial charge in [-0.05, 0) is 37.2 Å². The average molecular weight is 422 g/mol. The van der Waals surface area contributed by atoms with Gasteiger partial charge >= 0.3 is 6.09 Å². The largest absolute Gasteiger partial charge is 0.449 e. The molecule has 2 rings (SSSR count). The summed E-state index contributed by atoms with van der Waals surface area (Å²) in [4.78, 5) is 29.7. The lowest BCUT2D eigenvalue weighted by Gasteiger charge is -2.21. The van der Waals surface area contributed by atoms with E-state index >= 15 is 0 Å². The highest BCUT2D eigenvalue weighted by Crippen LogP contribution is 2.31. The second kappa shape index (κ2) is 10.6. The van der Waals surface area contributed by atoms with Crippen molar-refractivity contribution in [3.63, 3.8) is 0 Å². The second-order valence-corrected chi connectivity index (χ2v) is 6.86. The molecule has 0 spiro atoms. The highest BCUT2D eigenvalue weighted by atomic mass is 32.1. The number of amides is 2. The van der Waals surface area contributed by atoms with Crippen LogP contribution in [0.1, 0.15) is 32.0 Å². The molecule has 0 aliphatic carbocycles. The number of aryl methyl sites for hydroxylation is 1. The lowest BCUT2D eigenvalue weighted by molar-refractivity contribution is -0.115. The summed E-state index contributed by atoms with van der Waals surface area (Å²) in [6.45, 7) is 5.88. The monoisotopic (exact) mass is 421 g/mol. The van der Waals surface area contributed by atoms with Crippen LogP contribution in [0.25, 0.3) is 0 Å². The van der Waals surface area contributed by atoms with Crippen LogP contribution >= 0.6 is 23.6 Å². The number of thiocarbonyl (C=S) groups is 1. The summed E-state index contributed by atoms with van der Waals surface area (Å²) < 4.78 is 4.72. The maximum atomic E-state index is 12.3. The minimum Gasteiger partial charge on any atom is -0.449 e. The minimum absolute atomic E-state index is 0.106. The average Bonchev–Trinajstić information content (AvgIpc) is 3.13. The van der Waals surface area contributed by atoms with Gasteiger partial charge in [-0.25, -0.2) is 15.2 Å².